The smallest absolute Gasteiger partial charge is 0.352 e. The van der Waals surface area contributed by atoms with E-state index in [1.165, 1.54) is 35.7 Å². The van der Waals surface area contributed by atoms with Gasteiger partial charge in [0.15, 0.2) is 5.78 Å². The number of H-pyrrole nitrogens is 1. The number of aryl methyl sites for hydroxylation is 2. The average Bonchev–Trinajstić information content (AvgIpc) is 3.35. The van der Waals surface area contributed by atoms with Crippen molar-refractivity contribution < 1.29 is 38.7 Å². The number of nitro groups is 1. The van der Waals surface area contributed by atoms with E-state index in [0.29, 0.717) is 16.8 Å². The van der Waals surface area contributed by atoms with Crippen LogP contribution in [0.25, 0.3) is 22.2 Å². The van der Waals surface area contributed by atoms with Gasteiger partial charge in [0.1, 0.15) is 24.7 Å². The predicted octanol–water partition coefficient (Wildman–Crippen LogP) is 3.61. The molecule has 1 aliphatic carbocycles. The van der Waals surface area contributed by atoms with Crippen LogP contribution in [0.1, 0.15) is 24.5 Å². The van der Waals surface area contributed by atoms with Gasteiger partial charge in [-0.3, -0.25) is 29.4 Å². The minimum absolute atomic E-state index is 0.0240. The number of Topliss-reactive ketones (excluding diaryl/α,β-unsaturated/α-hetero) is 1. The summed E-state index contributed by atoms with van der Waals surface area (Å²) in [6.07, 6.45) is 1.41. The van der Waals surface area contributed by atoms with Gasteiger partial charge in [-0.25, -0.2) is 4.79 Å². The number of carboxylic acids is 1. The lowest BCUT2D eigenvalue weighted by atomic mass is 9.89. The molecule has 0 bridgehead atoms. The number of β-lactam (4-membered cyclic amide) rings is 1. The molecule has 6 rings (SSSR count). The third kappa shape index (κ3) is 4.79. The Labute approximate surface area is 242 Å². The summed E-state index contributed by atoms with van der Waals surface area (Å²) in [6.45, 7) is 0.780. The van der Waals surface area contributed by atoms with E-state index >= 15 is 0 Å². The lowest BCUT2D eigenvalue weighted by Gasteiger charge is -2.49. The number of non-ortho nitro benzene ring substituents is 1. The first-order valence-electron chi connectivity index (χ1n) is 13.2. The number of ether oxygens (including phenoxy) is 2. The van der Waals surface area contributed by atoms with Gasteiger partial charge in [-0.05, 0) is 48.2 Å². The standard InChI is InChI=1S/C29H25N3O9S/c1-14(33)40-11-16-13-42-28-23(27(35)31(28)26(16)29(36)37)10-18(34)12-41-19-4-7-20-15(8-19)2-5-22-21-6-3-17(32(38)39)9-24(21)30-25(20)22/h3-4,6-9,23,28,30H,2,5,10-13H2,1H3,(H,36,37)/t23-,28-/m1/s1. The molecule has 1 amide bonds. The van der Waals surface area contributed by atoms with Crippen LogP contribution >= 0.6 is 11.8 Å². The molecule has 0 unspecified atom stereocenters. The SMILES string of the molecule is CC(=O)OCC1=C(C(=O)O)N2C(=O)[C@@H](CC(=O)COc3ccc4c(c3)CCc3c-4[nH]c4cc([N+](=O)[O-])ccc34)[C@H]2SC1. The number of carbonyl (C=O) groups excluding carboxylic acids is 3. The summed E-state index contributed by atoms with van der Waals surface area (Å²) in [5, 5.41) is 21.3. The van der Waals surface area contributed by atoms with E-state index in [2.05, 4.69) is 4.98 Å². The number of fused-ring (bicyclic) bond motifs is 6. The zero-order chi connectivity index (χ0) is 29.7. The number of nitro benzene ring substituents is 1. The number of amides is 1. The van der Waals surface area contributed by atoms with Crippen molar-refractivity contribution in [2.75, 3.05) is 19.0 Å². The zero-order valence-electron chi connectivity index (χ0n) is 22.4. The molecular weight excluding hydrogens is 566 g/mol. The Bertz CT molecular complexity index is 1730. The Morgan fingerprint density at radius 2 is 2.00 bits per heavy atom. The highest BCUT2D eigenvalue weighted by atomic mass is 32.2. The van der Waals surface area contributed by atoms with E-state index < -0.39 is 34.1 Å². The van der Waals surface area contributed by atoms with Crippen LogP contribution in [0.5, 0.6) is 5.75 Å². The van der Waals surface area contributed by atoms with Crippen molar-refractivity contribution >= 4 is 52.0 Å². The summed E-state index contributed by atoms with van der Waals surface area (Å²) < 4.78 is 10.7. The largest absolute Gasteiger partial charge is 0.486 e. The predicted molar refractivity (Wildman–Crippen MR) is 151 cm³/mol. The summed E-state index contributed by atoms with van der Waals surface area (Å²) in [5.74, 6) is -2.43. The summed E-state index contributed by atoms with van der Waals surface area (Å²) in [5.41, 5.74) is 4.90. The minimum atomic E-state index is -1.28. The molecule has 2 aliphatic heterocycles. The number of aromatic amines is 1. The van der Waals surface area contributed by atoms with Crippen molar-refractivity contribution in [1.82, 2.24) is 9.88 Å². The number of thioether (sulfide) groups is 1. The molecule has 0 radical (unpaired) electrons. The molecule has 3 heterocycles. The van der Waals surface area contributed by atoms with Crippen LogP contribution in [-0.4, -0.2) is 67.9 Å². The van der Waals surface area contributed by atoms with Gasteiger partial charge in [0.2, 0.25) is 5.91 Å². The van der Waals surface area contributed by atoms with Crippen LogP contribution in [0.2, 0.25) is 0 Å². The Morgan fingerprint density at radius 1 is 1.19 bits per heavy atom. The second kappa shape index (κ2) is 10.6. The van der Waals surface area contributed by atoms with Crippen molar-refractivity contribution in [3.8, 4) is 17.0 Å². The molecule has 1 saturated heterocycles. The van der Waals surface area contributed by atoms with Crippen LogP contribution < -0.4 is 4.74 Å². The van der Waals surface area contributed by atoms with Gasteiger partial charge >= 0.3 is 11.9 Å². The fraction of sp³-hybridized carbons (Fsp3) is 0.310. The highest BCUT2D eigenvalue weighted by molar-refractivity contribution is 8.00. The lowest BCUT2D eigenvalue weighted by molar-refractivity contribution is -0.384. The van der Waals surface area contributed by atoms with E-state index in [1.807, 2.05) is 12.1 Å². The number of carbonyl (C=O) groups is 4. The number of benzene rings is 2. The van der Waals surface area contributed by atoms with Gasteiger partial charge in [-0.15, -0.1) is 11.8 Å². The van der Waals surface area contributed by atoms with Gasteiger partial charge in [0.25, 0.3) is 5.69 Å². The van der Waals surface area contributed by atoms with Crippen LogP contribution in [0.3, 0.4) is 0 Å². The molecule has 3 aliphatic rings. The normalized spacial score (nSPS) is 19.0. The molecule has 0 spiro atoms. The number of hydrogen-bond donors (Lipinski definition) is 2. The van der Waals surface area contributed by atoms with Gasteiger partial charge in [-0.1, -0.05) is 0 Å². The molecule has 1 aromatic heterocycles. The maximum absolute atomic E-state index is 12.9. The second-order valence-corrected chi connectivity index (χ2v) is 11.5. The molecule has 0 saturated carbocycles. The highest BCUT2D eigenvalue weighted by Gasteiger charge is 2.53. The highest BCUT2D eigenvalue weighted by Crippen LogP contribution is 2.45. The Kier molecular flexibility index (Phi) is 6.97. The molecule has 13 heteroatoms. The molecule has 1 fully saturated rings. The number of ketones is 1. The van der Waals surface area contributed by atoms with Crippen LogP contribution in [0, 0.1) is 16.0 Å². The van der Waals surface area contributed by atoms with Crippen molar-refractivity contribution in [1.29, 1.82) is 0 Å². The number of esters is 1. The summed E-state index contributed by atoms with van der Waals surface area (Å²) in [4.78, 5) is 63.9. The Hall–Kier alpha value is -4.65. The van der Waals surface area contributed by atoms with E-state index in [-0.39, 0.29) is 42.6 Å². The molecule has 42 heavy (non-hydrogen) atoms. The molecular formula is C29H25N3O9S. The summed E-state index contributed by atoms with van der Waals surface area (Å²) >= 11 is 1.34. The fourth-order valence-corrected chi connectivity index (χ4v) is 7.20. The second-order valence-electron chi connectivity index (χ2n) is 10.4. The zero-order valence-corrected chi connectivity index (χ0v) is 23.2. The molecule has 2 aromatic carbocycles. The first kappa shape index (κ1) is 27.5. The number of nitrogens with zero attached hydrogens (tertiary/aromatic N) is 2. The van der Waals surface area contributed by atoms with Crippen LogP contribution in [0.15, 0.2) is 47.7 Å². The van der Waals surface area contributed by atoms with Crippen molar-refractivity contribution in [3.05, 3.63) is 68.9 Å². The van der Waals surface area contributed by atoms with E-state index in [1.54, 1.807) is 12.1 Å². The van der Waals surface area contributed by atoms with Crippen molar-refractivity contribution in [3.63, 3.8) is 0 Å². The average molecular weight is 592 g/mol. The monoisotopic (exact) mass is 591 g/mol. The van der Waals surface area contributed by atoms with E-state index in [0.717, 1.165) is 40.6 Å². The molecule has 12 nitrogen and oxygen atoms in total. The maximum atomic E-state index is 12.9. The van der Waals surface area contributed by atoms with Gasteiger partial charge in [0.05, 0.1) is 21.7 Å². The van der Waals surface area contributed by atoms with E-state index in [4.69, 9.17) is 9.47 Å². The number of carboxylic acid groups (broad SMARTS) is 1. The van der Waals surface area contributed by atoms with Gasteiger partial charge in [-0.2, -0.15) is 0 Å². The first-order chi connectivity index (χ1) is 20.1. The number of nitrogens with one attached hydrogen (secondary N) is 1. The maximum Gasteiger partial charge on any atom is 0.352 e. The topological polar surface area (TPSA) is 169 Å². The first-order valence-corrected chi connectivity index (χ1v) is 14.3. The number of aliphatic carboxylic acids is 1. The quantitative estimate of drug-likeness (QED) is 0.162. The fourth-order valence-electron chi connectivity index (χ4n) is 5.80. The van der Waals surface area contributed by atoms with Crippen molar-refractivity contribution in [2.45, 2.75) is 31.6 Å². The lowest BCUT2D eigenvalue weighted by Crippen LogP contribution is -2.62. The number of hydrogen-bond acceptors (Lipinski definition) is 9. The summed E-state index contributed by atoms with van der Waals surface area (Å²) in [7, 11) is 0. The third-order valence-electron chi connectivity index (χ3n) is 7.75. The number of aromatic nitrogens is 1. The Balaban J connectivity index is 1.10. The third-order valence-corrected chi connectivity index (χ3v) is 9.14. The molecule has 2 N–H and O–H groups in total. The minimum Gasteiger partial charge on any atom is -0.486 e. The summed E-state index contributed by atoms with van der Waals surface area (Å²) in [6, 6.07) is 10.4. The molecule has 3 aromatic rings. The number of rotatable bonds is 9. The van der Waals surface area contributed by atoms with Crippen LogP contribution in [0.4, 0.5) is 5.69 Å². The molecule has 2 atom stereocenters. The van der Waals surface area contributed by atoms with Gasteiger partial charge in [0, 0.05) is 53.4 Å². The van der Waals surface area contributed by atoms with Crippen LogP contribution in [-0.2, 0) is 36.8 Å². The van der Waals surface area contributed by atoms with Crippen molar-refractivity contribution in [2.24, 2.45) is 5.92 Å². The van der Waals surface area contributed by atoms with Gasteiger partial charge < -0.3 is 19.6 Å². The Morgan fingerprint density at radius 3 is 2.74 bits per heavy atom. The molecule has 216 valence electrons. The van der Waals surface area contributed by atoms with E-state index in [9.17, 15) is 34.4 Å².